The number of fused-ring (bicyclic) bond motifs is 1. The molecule has 1 aromatic carbocycles. The molecule has 1 aliphatic rings. The van der Waals surface area contributed by atoms with Gasteiger partial charge in [0.15, 0.2) is 0 Å². The highest BCUT2D eigenvalue weighted by Gasteiger charge is 2.26. The summed E-state index contributed by atoms with van der Waals surface area (Å²) in [5, 5.41) is 3.95. The number of pyridine rings is 1. The zero-order valence-electron chi connectivity index (χ0n) is 14.9. The summed E-state index contributed by atoms with van der Waals surface area (Å²) in [4.78, 5) is 30.5. The molecule has 3 rings (SSSR count). The van der Waals surface area contributed by atoms with Gasteiger partial charge in [-0.25, -0.2) is 0 Å². The van der Waals surface area contributed by atoms with Crippen molar-refractivity contribution in [2.24, 2.45) is 0 Å². The maximum Gasteiger partial charge on any atom is 0.222 e. The van der Waals surface area contributed by atoms with Gasteiger partial charge in [-0.1, -0.05) is 25.1 Å². The summed E-state index contributed by atoms with van der Waals surface area (Å²) in [5.41, 5.74) is 2.68. The lowest BCUT2D eigenvalue weighted by molar-refractivity contribution is -0.132. The van der Waals surface area contributed by atoms with Gasteiger partial charge in [0.05, 0.1) is 16.9 Å². The molecule has 5 heteroatoms. The molecular formula is C20H25N3O2. The van der Waals surface area contributed by atoms with Crippen LogP contribution < -0.4 is 5.32 Å². The van der Waals surface area contributed by atoms with E-state index < -0.39 is 0 Å². The second-order valence-corrected chi connectivity index (χ2v) is 6.70. The first kappa shape index (κ1) is 17.4. The molecule has 0 spiro atoms. The van der Waals surface area contributed by atoms with Crippen molar-refractivity contribution >= 4 is 28.4 Å². The van der Waals surface area contributed by atoms with E-state index in [9.17, 15) is 9.59 Å². The Morgan fingerprint density at radius 1 is 1.24 bits per heavy atom. The molecule has 1 fully saturated rings. The maximum atomic E-state index is 12.1. The number of amides is 2. The molecule has 0 saturated carbocycles. The highest BCUT2D eigenvalue weighted by molar-refractivity contribution is 5.93. The SMILES string of the molecule is CCCC(=O)N1CCC(c2nc3ccccc3cc2NC(C)=O)CC1. The number of nitrogens with zero attached hydrogens (tertiary/aromatic N) is 2. The van der Waals surface area contributed by atoms with Gasteiger partial charge >= 0.3 is 0 Å². The van der Waals surface area contributed by atoms with Gasteiger partial charge in [0.25, 0.3) is 0 Å². The first-order chi connectivity index (χ1) is 12.1. The molecule has 132 valence electrons. The second-order valence-electron chi connectivity index (χ2n) is 6.70. The second kappa shape index (κ2) is 7.64. The molecule has 0 atom stereocenters. The van der Waals surface area contributed by atoms with Crippen LogP contribution in [0.2, 0.25) is 0 Å². The topological polar surface area (TPSA) is 62.3 Å². The average molecular weight is 339 g/mol. The summed E-state index contributed by atoms with van der Waals surface area (Å²) in [6, 6.07) is 9.95. The molecule has 1 saturated heterocycles. The minimum atomic E-state index is -0.0890. The zero-order chi connectivity index (χ0) is 17.8. The van der Waals surface area contributed by atoms with Gasteiger partial charge in [-0.05, 0) is 31.4 Å². The fraction of sp³-hybridized carbons (Fsp3) is 0.450. The number of para-hydroxylation sites is 1. The summed E-state index contributed by atoms with van der Waals surface area (Å²) in [7, 11) is 0. The number of carbonyl (C=O) groups excluding carboxylic acids is 2. The Bertz CT molecular complexity index is 780. The van der Waals surface area contributed by atoms with E-state index in [1.165, 1.54) is 6.92 Å². The first-order valence-corrected chi connectivity index (χ1v) is 9.03. The lowest BCUT2D eigenvalue weighted by atomic mass is 9.91. The fourth-order valence-electron chi connectivity index (χ4n) is 3.51. The number of carbonyl (C=O) groups is 2. The minimum Gasteiger partial charge on any atom is -0.343 e. The van der Waals surface area contributed by atoms with Crippen molar-refractivity contribution < 1.29 is 9.59 Å². The van der Waals surface area contributed by atoms with E-state index in [-0.39, 0.29) is 17.7 Å². The normalized spacial score (nSPS) is 15.4. The van der Waals surface area contributed by atoms with E-state index >= 15 is 0 Å². The monoisotopic (exact) mass is 339 g/mol. The number of rotatable bonds is 4. The number of hydrogen-bond donors (Lipinski definition) is 1. The Balaban J connectivity index is 1.85. The van der Waals surface area contributed by atoms with Crippen LogP contribution >= 0.6 is 0 Å². The zero-order valence-corrected chi connectivity index (χ0v) is 14.9. The summed E-state index contributed by atoms with van der Waals surface area (Å²) < 4.78 is 0. The molecule has 25 heavy (non-hydrogen) atoms. The molecule has 5 nitrogen and oxygen atoms in total. The van der Waals surface area contributed by atoms with Crippen LogP contribution in [0.25, 0.3) is 10.9 Å². The van der Waals surface area contributed by atoms with Gasteiger partial charge in [0, 0.05) is 37.7 Å². The summed E-state index contributed by atoms with van der Waals surface area (Å²) in [6.07, 6.45) is 3.27. The molecule has 0 unspecified atom stereocenters. The number of nitrogens with one attached hydrogen (secondary N) is 1. The van der Waals surface area contributed by atoms with Gasteiger partial charge in [-0.2, -0.15) is 0 Å². The van der Waals surface area contributed by atoms with Gasteiger partial charge < -0.3 is 10.2 Å². The lowest BCUT2D eigenvalue weighted by Crippen LogP contribution is -2.38. The number of hydrogen-bond acceptors (Lipinski definition) is 3. The first-order valence-electron chi connectivity index (χ1n) is 9.03. The van der Waals surface area contributed by atoms with E-state index in [1.807, 2.05) is 42.2 Å². The van der Waals surface area contributed by atoms with Crippen LogP contribution in [0.5, 0.6) is 0 Å². The van der Waals surface area contributed by atoms with Crippen molar-refractivity contribution in [1.82, 2.24) is 9.88 Å². The van der Waals surface area contributed by atoms with Crippen molar-refractivity contribution in [1.29, 1.82) is 0 Å². The summed E-state index contributed by atoms with van der Waals surface area (Å²) >= 11 is 0. The van der Waals surface area contributed by atoms with Crippen LogP contribution in [0.4, 0.5) is 5.69 Å². The van der Waals surface area contributed by atoms with Crippen molar-refractivity contribution in [2.45, 2.75) is 45.4 Å². The van der Waals surface area contributed by atoms with Gasteiger partial charge in [-0.3, -0.25) is 14.6 Å². The molecule has 0 radical (unpaired) electrons. The minimum absolute atomic E-state index is 0.0890. The smallest absolute Gasteiger partial charge is 0.222 e. The molecule has 1 aliphatic heterocycles. The number of piperidine rings is 1. The summed E-state index contributed by atoms with van der Waals surface area (Å²) in [6.45, 7) is 5.07. The van der Waals surface area contributed by atoms with Crippen LogP contribution in [-0.2, 0) is 9.59 Å². The van der Waals surface area contributed by atoms with Crippen LogP contribution in [0.1, 0.15) is 51.1 Å². The van der Waals surface area contributed by atoms with E-state index in [2.05, 4.69) is 5.32 Å². The van der Waals surface area contributed by atoms with Gasteiger partial charge in [0.2, 0.25) is 11.8 Å². The molecule has 2 heterocycles. The van der Waals surface area contributed by atoms with E-state index in [4.69, 9.17) is 4.98 Å². The highest BCUT2D eigenvalue weighted by atomic mass is 16.2. The Hall–Kier alpha value is -2.43. The number of likely N-dealkylation sites (tertiary alicyclic amines) is 1. The quantitative estimate of drug-likeness (QED) is 0.924. The predicted octanol–water partition coefficient (Wildman–Crippen LogP) is 3.70. The van der Waals surface area contributed by atoms with Crippen LogP contribution in [-0.4, -0.2) is 34.8 Å². The van der Waals surface area contributed by atoms with Gasteiger partial charge in [-0.15, -0.1) is 0 Å². The van der Waals surface area contributed by atoms with E-state index in [0.29, 0.717) is 6.42 Å². The average Bonchev–Trinajstić information content (AvgIpc) is 2.61. The fourth-order valence-corrected chi connectivity index (χ4v) is 3.51. The Morgan fingerprint density at radius 3 is 2.64 bits per heavy atom. The van der Waals surface area contributed by atoms with Gasteiger partial charge in [0.1, 0.15) is 0 Å². The van der Waals surface area contributed by atoms with Crippen LogP contribution in [0.15, 0.2) is 30.3 Å². The van der Waals surface area contributed by atoms with Crippen molar-refractivity contribution in [3.05, 3.63) is 36.0 Å². The van der Waals surface area contributed by atoms with Crippen molar-refractivity contribution in [3.8, 4) is 0 Å². The van der Waals surface area contributed by atoms with Crippen LogP contribution in [0, 0.1) is 0 Å². The largest absolute Gasteiger partial charge is 0.343 e. The lowest BCUT2D eigenvalue weighted by Gasteiger charge is -2.32. The third-order valence-electron chi connectivity index (χ3n) is 4.76. The Kier molecular flexibility index (Phi) is 5.31. The Morgan fingerprint density at radius 2 is 1.96 bits per heavy atom. The number of aromatic nitrogens is 1. The highest BCUT2D eigenvalue weighted by Crippen LogP contribution is 2.34. The molecule has 2 amide bonds. The molecule has 1 aromatic heterocycles. The van der Waals surface area contributed by atoms with Crippen molar-refractivity contribution in [2.75, 3.05) is 18.4 Å². The van der Waals surface area contributed by atoms with Crippen molar-refractivity contribution in [3.63, 3.8) is 0 Å². The maximum absolute atomic E-state index is 12.1. The molecule has 1 N–H and O–H groups in total. The molecule has 0 aliphatic carbocycles. The molecule has 2 aromatic rings. The third kappa shape index (κ3) is 3.98. The van der Waals surface area contributed by atoms with E-state index in [0.717, 1.165) is 54.6 Å². The van der Waals surface area contributed by atoms with Crippen LogP contribution in [0.3, 0.4) is 0 Å². The Labute approximate surface area is 148 Å². The summed E-state index contributed by atoms with van der Waals surface area (Å²) in [5.74, 6) is 0.417. The number of anilines is 1. The predicted molar refractivity (Wildman–Crippen MR) is 99.5 cm³/mol. The molecular weight excluding hydrogens is 314 g/mol. The third-order valence-corrected chi connectivity index (χ3v) is 4.76. The molecule has 0 bridgehead atoms. The van der Waals surface area contributed by atoms with E-state index in [1.54, 1.807) is 0 Å². The standard InChI is InChI=1S/C20H25N3O2/c1-3-6-19(25)23-11-9-15(10-12-23)20-18(21-14(2)24)13-16-7-4-5-8-17(16)22-20/h4-5,7-8,13,15H,3,6,9-12H2,1-2H3,(H,21,24). The number of benzene rings is 1.